The standard InChI is InChI=1S/C14H22N2O5/c1-16(6-5-10(17)21-2)14(20)15-12-9-4-3-8(7-9)11(12)13(18)19/h8-9,11-12H,3-7H2,1-2H3,(H,15,20)(H,18,19). The van der Waals surface area contributed by atoms with Crippen molar-refractivity contribution in [3.8, 4) is 0 Å². The van der Waals surface area contributed by atoms with Crippen LogP contribution < -0.4 is 5.32 Å². The zero-order chi connectivity index (χ0) is 15.6. The molecule has 0 aromatic heterocycles. The summed E-state index contributed by atoms with van der Waals surface area (Å²) in [6.45, 7) is 0.247. The molecule has 0 aromatic carbocycles. The summed E-state index contributed by atoms with van der Waals surface area (Å²) < 4.78 is 4.53. The lowest BCUT2D eigenvalue weighted by atomic mass is 9.84. The fourth-order valence-electron chi connectivity index (χ4n) is 3.57. The van der Waals surface area contributed by atoms with E-state index in [4.69, 9.17) is 0 Å². The van der Waals surface area contributed by atoms with Crippen LogP contribution in [0.2, 0.25) is 0 Å². The van der Waals surface area contributed by atoms with Crippen molar-refractivity contribution < 1.29 is 24.2 Å². The van der Waals surface area contributed by atoms with Crippen molar-refractivity contribution in [2.24, 2.45) is 17.8 Å². The average molecular weight is 298 g/mol. The Morgan fingerprint density at radius 2 is 1.95 bits per heavy atom. The number of nitrogens with one attached hydrogen (secondary N) is 1. The van der Waals surface area contributed by atoms with Gasteiger partial charge >= 0.3 is 18.0 Å². The number of rotatable bonds is 5. The van der Waals surface area contributed by atoms with Crippen molar-refractivity contribution in [3.63, 3.8) is 0 Å². The maximum atomic E-state index is 12.1. The molecule has 2 N–H and O–H groups in total. The molecule has 0 aromatic rings. The Balaban J connectivity index is 1.89. The highest BCUT2D eigenvalue weighted by atomic mass is 16.5. The van der Waals surface area contributed by atoms with Gasteiger partial charge < -0.3 is 20.1 Å². The SMILES string of the molecule is COC(=O)CCN(C)C(=O)NC1C2CCC(C2)C1C(=O)O. The van der Waals surface area contributed by atoms with Gasteiger partial charge in [0.1, 0.15) is 0 Å². The number of ether oxygens (including phenoxy) is 1. The minimum absolute atomic E-state index is 0.125. The van der Waals surface area contributed by atoms with Crippen molar-refractivity contribution in [3.05, 3.63) is 0 Å². The topological polar surface area (TPSA) is 95.9 Å². The highest BCUT2D eigenvalue weighted by molar-refractivity contribution is 5.78. The number of carboxylic acids is 1. The molecule has 2 rings (SSSR count). The van der Waals surface area contributed by atoms with Crippen molar-refractivity contribution in [2.75, 3.05) is 20.7 Å². The maximum absolute atomic E-state index is 12.1. The number of carbonyl (C=O) groups is 3. The first-order valence-electron chi connectivity index (χ1n) is 7.25. The van der Waals surface area contributed by atoms with Crippen molar-refractivity contribution in [1.82, 2.24) is 10.2 Å². The fraction of sp³-hybridized carbons (Fsp3) is 0.786. The molecule has 21 heavy (non-hydrogen) atoms. The zero-order valence-corrected chi connectivity index (χ0v) is 12.4. The number of fused-ring (bicyclic) bond motifs is 2. The summed E-state index contributed by atoms with van der Waals surface area (Å²) in [7, 11) is 2.89. The molecule has 0 aliphatic heterocycles. The molecule has 7 nitrogen and oxygen atoms in total. The number of hydrogen-bond acceptors (Lipinski definition) is 4. The lowest BCUT2D eigenvalue weighted by Gasteiger charge is -2.30. The van der Waals surface area contributed by atoms with Crippen molar-refractivity contribution in [1.29, 1.82) is 0 Å². The molecule has 2 bridgehead atoms. The number of nitrogens with zero attached hydrogens (tertiary/aromatic N) is 1. The Kier molecular flexibility index (Phi) is 4.69. The molecule has 2 aliphatic carbocycles. The second kappa shape index (κ2) is 6.32. The van der Waals surface area contributed by atoms with E-state index in [1.165, 1.54) is 12.0 Å². The maximum Gasteiger partial charge on any atom is 0.317 e. The summed E-state index contributed by atoms with van der Waals surface area (Å²) in [5.41, 5.74) is 0. The molecule has 2 aliphatic rings. The van der Waals surface area contributed by atoms with E-state index >= 15 is 0 Å². The molecule has 4 unspecified atom stereocenters. The molecule has 0 heterocycles. The van der Waals surface area contributed by atoms with E-state index in [0.29, 0.717) is 0 Å². The van der Waals surface area contributed by atoms with Crippen LogP contribution in [0.15, 0.2) is 0 Å². The number of urea groups is 1. The van der Waals surface area contributed by atoms with Crippen LogP contribution in [0, 0.1) is 17.8 Å². The Labute approximate surface area is 123 Å². The molecule has 0 saturated heterocycles. The third-order valence-electron chi connectivity index (χ3n) is 4.72. The fourth-order valence-corrected chi connectivity index (χ4v) is 3.57. The molecule has 2 saturated carbocycles. The van der Waals surface area contributed by atoms with Crippen molar-refractivity contribution in [2.45, 2.75) is 31.7 Å². The molecule has 0 radical (unpaired) electrons. The summed E-state index contributed by atoms with van der Waals surface area (Å²) in [5, 5.41) is 12.2. The van der Waals surface area contributed by atoms with Gasteiger partial charge in [-0.15, -0.1) is 0 Å². The number of aliphatic carboxylic acids is 1. The van der Waals surface area contributed by atoms with Gasteiger partial charge in [0, 0.05) is 19.6 Å². The van der Waals surface area contributed by atoms with Gasteiger partial charge in [0.25, 0.3) is 0 Å². The Morgan fingerprint density at radius 3 is 2.57 bits per heavy atom. The van der Waals surface area contributed by atoms with E-state index in [-0.39, 0.29) is 42.8 Å². The van der Waals surface area contributed by atoms with E-state index in [1.807, 2.05) is 0 Å². The first-order chi connectivity index (χ1) is 9.93. The van der Waals surface area contributed by atoms with Gasteiger partial charge in [0.05, 0.1) is 19.4 Å². The highest BCUT2D eigenvalue weighted by Gasteiger charge is 2.51. The molecule has 2 amide bonds. The zero-order valence-electron chi connectivity index (χ0n) is 12.4. The Morgan fingerprint density at radius 1 is 1.29 bits per heavy atom. The highest BCUT2D eigenvalue weighted by Crippen LogP contribution is 2.48. The molecular formula is C14H22N2O5. The Bertz CT molecular complexity index is 439. The number of esters is 1. The van der Waals surface area contributed by atoms with Crippen LogP contribution >= 0.6 is 0 Å². The number of carboxylic acid groups (broad SMARTS) is 1. The van der Waals surface area contributed by atoms with E-state index in [0.717, 1.165) is 19.3 Å². The minimum Gasteiger partial charge on any atom is -0.481 e. The van der Waals surface area contributed by atoms with Gasteiger partial charge in [-0.05, 0) is 31.1 Å². The van der Waals surface area contributed by atoms with Gasteiger partial charge in [-0.25, -0.2) is 4.79 Å². The minimum atomic E-state index is -0.829. The molecule has 118 valence electrons. The number of amides is 2. The van der Waals surface area contributed by atoms with Gasteiger partial charge in [-0.3, -0.25) is 9.59 Å². The number of hydrogen-bond donors (Lipinski definition) is 2. The van der Waals surface area contributed by atoms with Gasteiger partial charge in [-0.2, -0.15) is 0 Å². The van der Waals surface area contributed by atoms with E-state index in [2.05, 4.69) is 10.1 Å². The predicted molar refractivity (Wildman–Crippen MR) is 73.5 cm³/mol. The van der Waals surface area contributed by atoms with Crippen LogP contribution in [0.25, 0.3) is 0 Å². The molecule has 2 fully saturated rings. The molecular weight excluding hydrogens is 276 g/mol. The van der Waals surface area contributed by atoms with E-state index in [9.17, 15) is 19.5 Å². The quantitative estimate of drug-likeness (QED) is 0.728. The first kappa shape index (κ1) is 15.6. The normalized spacial score (nSPS) is 30.0. The smallest absolute Gasteiger partial charge is 0.317 e. The summed E-state index contributed by atoms with van der Waals surface area (Å²) >= 11 is 0. The van der Waals surface area contributed by atoms with Crippen molar-refractivity contribution >= 4 is 18.0 Å². The van der Waals surface area contributed by atoms with Crippen LogP contribution in [-0.2, 0) is 14.3 Å². The summed E-state index contributed by atoms with van der Waals surface area (Å²) in [4.78, 5) is 36.0. The predicted octanol–water partition coefficient (Wildman–Crippen LogP) is 0.690. The molecule has 0 spiro atoms. The van der Waals surface area contributed by atoms with Crippen LogP contribution in [0.5, 0.6) is 0 Å². The summed E-state index contributed by atoms with van der Waals surface area (Å²) in [6, 6.07) is -0.628. The molecule has 7 heteroatoms. The van der Waals surface area contributed by atoms with Gasteiger partial charge in [0.15, 0.2) is 0 Å². The second-order valence-electron chi connectivity index (χ2n) is 5.92. The summed E-state index contributed by atoms with van der Waals surface area (Å²) in [6.07, 6.45) is 2.92. The van der Waals surface area contributed by atoms with E-state index in [1.54, 1.807) is 7.05 Å². The van der Waals surface area contributed by atoms with Gasteiger partial charge in [-0.1, -0.05) is 0 Å². The third kappa shape index (κ3) is 3.28. The monoisotopic (exact) mass is 298 g/mol. The van der Waals surface area contributed by atoms with Crippen LogP contribution in [0.1, 0.15) is 25.7 Å². The lowest BCUT2D eigenvalue weighted by Crippen LogP contribution is -2.50. The number of carbonyl (C=O) groups excluding carboxylic acids is 2. The summed E-state index contributed by atoms with van der Waals surface area (Å²) in [5.74, 6) is -1.25. The van der Waals surface area contributed by atoms with Crippen LogP contribution in [-0.4, -0.2) is 54.7 Å². The first-order valence-corrected chi connectivity index (χ1v) is 7.25. The Hall–Kier alpha value is -1.79. The largest absolute Gasteiger partial charge is 0.481 e. The number of methoxy groups -OCH3 is 1. The third-order valence-corrected chi connectivity index (χ3v) is 4.72. The van der Waals surface area contributed by atoms with Gasteiger partial charge in [0.2, 0.25) is 0 Å². The van der Waals surface area contributed by atoms with Crippen LogP contribution in [0.3, 0.4) is 0 Å². The molecule has 4 atom stereocenters. The second-order valence-corrected chi connectivity index (χ2v) is 5.92. The average Bonchev–Trinajstić information content (AvgIpc) is 3.04. The van der Waals surface area contributed by atoms with E-state index < -0.39 is 11.9 Å². The lowest BCUT2D eigenvalue weighted by molar-refractivity contribution is -0.144. The van der Waals surface area contributed by atoms with Crippen LogP contribution in [0.4, 0.5) is 4.79 Å².